The van der Waals surface area contributed by atoms with Gasteiger partial charge in [-0.25, -0.2) is 0 Å². The van der Waals surface area contributed by atoms with E-state index in [0.29, 0.717) is 18.3 Å². The van der Waals surface area contributed by atoms with Gasteiger partial charge in [-0.2, -0.15) is 0 Å². The Balaban J connectivity index is 1.85. The lowest BCUT2D eigenvalue weighted by Gasteiger charge is -2.42. The first-order valence-electron chi connectivity index (χ1n) is 10.1. The second kappa shape index (κ2) is 6.69. The van der Waals surface area contributed by atoms with E-state index in [1.165, 1.54) is 16.7 Å². The molecule has 0 radical (unpaired) electrons. The van der Waals surface area contributed by atoms with Crippen molar-refractivity contribution in [2.75, 3.05) is 23.4 Å². The summed E-state index contributed by atoms with van der Waals surface area (Å²) in [5.41, 5.74) is 8.57. The zero-order valence-corrected chi connectivity index (χ0v) is 17.7. The molecule has 0 saturated heterocycles. The van der Waals surface area contributed by atoms with Crippen LogP contribution < -0.4 is 9.80 Å². The van der Waals surface area contributed by atoms with Crippen molar-refractivity contribution in [3.63, 3.8) is 0 Å². The van der Waals surface area contributed by atoms with Crippen LogP contribution >= 0.6 is 0 Å². The van der Waals surface area contributed by atoms with Gasteiger partial charge in [-0.05, 0) is 75.1 Å². The molecule has 1 atom stereocenters. The number of hydrogen-bond acceptors (Lipinski definition) is 2. The Kier molecular flexibility index (Phi) is 4.45. The van der Waals surface area contributed by atoms with Crippen LogP contribution in [0, 0.1) is 27.7 Å². The van der Waals surface area contributed by atoms with E-state index in [9.17, 15) is 4.79 Å². The van der Waals surface area contributed by atoms with E-state index < -0.39 is 0 Å². The summed E-state index contributed by atoms with van der Waals surface area (Å²) in [6, 6.07) is 11.0. The van der Waals surface area contributed by atoms with Gasteiger partial charge < -0.3 is 14.8 Å². The molecular weight excluding hydrogens is 346 g/mol. The van der Waals surface area contributed by atoms with Crippen LogP contribution in [-0.2, 0) is 0 Å². The zero-order valence-electron chi connectivity index (χ0n) is 17.7. The monoisotopic (exact) mass is 375 g/mol. The quantitative estimate of drug-likeness (QED) is 0.662. The molecule has 1 aromatic heterocycles. The van der Waals surface area contributed by atoms with Gasteiger partial charge in [-0.15, -0.1) is 0 Å². The van der Waals surface area contributed by atoms with Gasteiger partial charge in [0.1, 0.15) is 5.69 Å². The number of aromatic amines is 1. The summed E-state index contributed by atoms with van der Waals surface area (Å²) in [4.78, 5) is 21.4. The van der Waals surface area contributed by atoms with Crippen LogP contribution in [0.25, 0.3) is 10.9 Å². The minimum Gasteiger partial charge on any atom is -0.368 e. The molecule has 4 rings (SSSR count). The Labute approximate surface area is 167 Å². The van der Waals surface area contributed by atoms with Crippen molar-refractivity contribution < 1.29 is 4.79 Å². The fraction of sp³-hybridized carbons (Fsp3) is 0.375. The highest BCUT2D eigenvalue weighted by atomic mass is 16.2. The molecule has 0 saturated carbocycles. The van der Waals surface area contributed by atoms with E-state index in [1.54, 1.807) is 0 Å². The van der Waals surface area contributed by atoms with Gasteiger partial charge in [0.2, 0.25) is 0 Å². The number of aromatic nitrogens is 1. The average Bonchev–Trinajstić information content (AvgIpc) is 2.99. The normalized spacial score (nSPS) is 16.6. The minimum atomic E-state index is 0.0578. The van der Waals surface area contributed by atoms with Crippen molar-refractivity contribution in [3.05, 3.63) is 58.3 Å². The predicted molar refractivity (Wildman–Crippen MR) is 118 cm³/mol. The van der Waals surface area contributed by atoms with Crippen LogP contribution in [0.2, 0.25) is 0 Å². The third-order valence-electron chi connectivity index (χ3n) is 6.35. The number of hydrogen-bond donors (Lipinski definition) is 1. The topological polar surface area (TPSA) is 39.3 Å². The van der Waals surface area contributed by atoms with E-state index in [2.05, 4.69) is 75.0 Å². The number of carbonyl (C=O) groups excluding carboxylic acids is 1. The fourth-order valence-corrected chi connectivity index (χ4v) is 4.30. The molecule has 1 N–H and O–H groups in total. The Bertz CT molecular complexity index is 1080. The lowest BCUT2D eigenvalue weighted by molar-refractivity contribution is 0.0979. The summed E-state index contributed by atoms with van der Waals surface area (Å²) in [5.74, 6) is 0.0578. The van der Waals surface area contributed by atoms with E-state index in [-0.39, 0.29) is 5.91 Å². The maximum absolute atomic E-state index is 13.7. The molecule has 3 aromatic rings. The van der Waals surface area contributed by atoms with Crippen LogP contribution in [-0.4, -0.2) is 30.5 Å². The number of aryl methyl sites for hydroxylation is 4. The molecule has 0 spiro atoms. The lowest BCUT2D eigenvalue weighted by atomic mass is 10.00. The van der Waals surface area contributed by atoms with Gasteiger partial charge in [0.15, 0.2) is 0 Å². The SMILES string of the molecule is CCC1CN(C(=O)c2[nH]c3ccc(C)cc3c2C)c2cc(C)c(C)cc2N1C. The summed E-state index contributed by atoms with van der Waals surface area (Å²) >= 11 is 0. The van der Waals surface area contributed by atoms with E-state index in [4.69, 9.17) is 0 Å². The Morgan fingerprint density at radius 1 is 1.07 bits per heavy atom. The number of nitrogens with one attached hydrogen (secondary N) is 1. The summed E-state index contributed by atoms with van der Waals surface area (Å²) in [6.45, 7) is 11.3. The molecule has 1 aliphatic heterocycles. The van der Waals surface area contributed by atoms with Gasteiger partial charge in [-0.1, -0.05) is 18.6 Å². The maximum atomic E-state index is 13.7. The van der Waals surface area contributed by atoms with Gasteiger partial charge in [0, 0.05) is 30.5 Å². The molecule has 4 heteroatoms. The van der Waals surface area contributed by atoms with Crippen LogP contribution in [0.15, 0.2) is 30.3 Å². The van der Waals surface area contributed by atoms with Crippen molar-refractivity contribution >= 4 is 28.2 Å². The van der Waals surface area contributed by atoms with Gasteiger partial charge in [-0.3, -0.25) is 4.79 Å². The number of benzene rings is 2. The number of likely N-dealkylation sites (N-methyl/N-ethyl adjacent to an activating group) is 1. The first-order chi connectivity index (χ1) is 13.3. The van der Waals surface area contributed by atoms with Crippen LogP contribution in [0.1, 0.15) is 46.1 Å². The predicted octanol–water partition coefficient (Wildman–Crippen LogP) is 5.28. The Morgan fingerprint density at radius 3 is 2.43 bits per heavy atom. The van der Waals surface area contributed by atoms with E-state index in [0.717, 1.165) is 34.3 Å². The molecule has 146 valence electrons. The third kappa shape index (κ3) is 2.79. The summed E-state index contributed by atoms with van der Waals surface area (Å²) in [6.07, 6.45) is 0.998. The molecule has 0 fully saturated rings. The number of anilines is 2. The highest BCUT2D eigenvalue weighted by molar-refractivity contribution is 6.11. The molecule has 2 aromatic carbocycles. The number of fused-ring (bicyclic) bond motifs is 2. The molecule has 4 nitrogen and oxygen atoms in total. The first-order valence-corrected chi connectivity index (χ1v) is 10.1. The molecule has 28 heavy (non-hydrogen) atoms. The summed E-state index contributed by atoms with van der Waals surface area (Å²) in [5, 5.41) is 1.13. The maximum Gasteiger partial charge on any atom is 0.275 e. The Hall–Kier alpha value is -2.75. The molecule has 1 amide bonds. The Morgan fingerprint density at radius 2 is 1.75 bits per heavy atom. The second-order valence-corrected chi connectivity index (χ2v) is 8.19. The molecule has 0 aliphatic carbocycles. The summed E-state index contributed by atoms with van der Waals surface area (Å²) in [7, 11) is 2.14. The standard InChI is InChI=1S/C24H29N3O/c1-7-18-13-27(22-12-16(4)15(3)11-21(22)26(18)6)24(28)23-17(5)19-10-14(2)8-9-20(19)25-23/h8-12,18,25H,7,13H2,1-6H3. The number of nitrogens with zero attached hydrogens (tertiary/aromatic N) is 2. The van der Waals surface area contributed by atoms with Gasteiger partial charge >= 0.3 is 0 Å². The zero-order chi connectivity index (χ0) is 20.2. The molecule has 0 bridgehead atoms. The molecular formula is C24H29N3O. The smallest absolute Gasteiger partial charge is 0.275 e. The summed E-state index contributed by atoms with van der Waals surface area (Å²) < 4.78 is 0. The van der Waals surface area contributed by atoms with Crippen LogP contribution in [0.4, 0.5) is 11.4 Å². The van der Waals surface area contributed by atoms with Crippen LogP contribution in [0.3, 0.4) is 0 Å². The van der Waals surface area contributed by atoms with Crippen molar-refractivity contribution in [1.29, 1.82) is 0 Å². The highest BCUT2D eigenvalue weighted by Gasteiger charge is 2.33. The highest BCUT2D eigenvalue weighted by Crippen LogP contribution is 2.38. The number of amides is 1. The van der Waals surface area contributed by atoms with Crippen molar-refractivity contribution in [2.45, 2.75) is 47.1 Å². The number of rotatable bonds is 2. The molecule has 2 heterocycles. The van der Waals surface area contributed by atoms with E-state index >= 15 is 0 Å². The van der Waals surface area contributed by atoms with Crippen molar-refractivity contribution in [1.82, 2.24) is 4.98 Å². The largest absolute Gasteiger partial charge is 0.368 e. The van der Waals surface area contributed by atoms with Crippen molar-refractivity contribution in [3.8, 4) is 0 Å². The minimum absolute atomic E-state index is 0.0578. The van der Waals surface area contributed by atoms with Gasteiger partial charge in [0.25, 0.3) is 5.91 Å². The second-order valence-electron chi connectivity index (χ2n) is 8.19. The van der Waals surface area contributed by atoms with Crippen LogP contribution in [0.5, 0.6) is 0 Å². The third-order valence-corrected chi connectivity index (χ3v) is 6.35. The van der Waals surface area contributed by atoms with Crippen molar-refractivity contribution in [2.24, 2.45) is 0 Å². The first kappa shape index (κ1) is 18.6. The lowest BCUT2D eigenvalue weighted by Crippen LogP contribution is -2.49. The van der Waals surface area contributed by atoms with Gasteiger partial charge in [0.05, 0.1) is 11.4 Å². The fourth-order valence-electron chi connectivity index (χ4n) is 4.30. The average molecular weight is 376 g/mol. The number of carbonyl (C=O) groups is 1. The molecule has 1 unspecified atom stereocenters. The van der Waals surface area contributed by atoms with E-state index in [1.807, 2.05) is 11.8 Å². The number of H-pyrrole nitrogens is 1. The molecule has 1 aliphatic rings.